The maximum absolute atomic E-state index is 12.7. The fourth-order valence-corrected chi connectivity index (χ4v) is 3.17. The Morgan fingerprint density at radius 3 is 2.41 bits per heavy atom. The van der Waals surface area contributed by atoms with Crippen molar-refractivity contribution in [3.05, 3.63) is 82.9 Å². The molecule has 34 heavy (non-hydrogen) atoms. The van der Waals surface area contributed by atoms with Crippen molar-refractivity contribution in [2.24, 2.45) is 0 Å². The molecule has 0 aliphatic carbocycles. The van der Waals surface area contributed by atoms with Crippen molar-refractivity contribution in [2.75, 3.05) is 6.61 Å². The molecule has 9 nitrogen and oxygen atoms in total. The van der Waals surface area contributed by atoms with Gasteiger partial charge in [-0.05, 0) is 49.2 Å². The van der Waals surface area contributed by atoms with E-state index in [0.29, 0.717) is 22.1 Å². The van der Waals surface area contributed by atoms with E-state index in [9.17, 15) is 19.8 Å². The number of nitrogens with zero attached hydrogens (tertiary/aromatic N) is 2. The molecule has 2 aromatic carbocycles. The van der Waals surface area contributed by atoms with E-state index in [2.05, 4.69) is 20.6 Å². The summed E-state index contributed by atoms with van der Waals surface area (Å²) in [5, 5.41) is 25.0. The molecule has 3 aromatic rings. The second-order valence-electron chi connectivity index (χ2n) is 7.87. The van der Waals surface area contributed by atoms with Gasteiger partial charge in [-0.1, -0.05) is 29.8 Å². The summed E-state index contributed by atoms with van der Waals surface area (Å²) in [6, 6.07) is 12.0. The Kier molecular flexibility index (Phi) is 8.17. The van der Waals surface area contributed by atoms with E-state index in [4.69, 9.17) is 16.3 Å². The summed E-state index contributed by atoms with van der Waals surface area (Å²) in [6.07, 6.45) is 3.29. The lowest BCUT2D eigenvalue weighted by Gasteiger charge is -2.27. The van der Waals surface area contributed by atoms with Gasteiger partial charge in [0.2, 0.25) is 5.91 Å². The Morgan fingerprint density at radius 1 is 1.15 bits per heavy atom. The molecule has 0 aliphatic heterocycles. The van der Waals surface area contributed by atoms with Crippen molar-refractivity contribution in [3.8, 4) is 11.5 Å². The highest BCUT2D eigenvalue weighted by molar-refractivity contribution is 6.32. The molecule has 2 amide bonds. The van der Waals surface area contributed by atoms with Crippen LogP contribution in [0.25, 0.3) is 0 Å². The first kappa shape index (κ1) is 25.1. The highest BCUT2D eigenvalue weighted by Gasteiger charge is 2.34. The van der Waals surface area contributed by atoms with Crippen LogP contribution in [0.1, 0.15) is 41.4 Å². The zero-order valence-electron chi connectivity index (χ0n) is 18.7. The predicted octanol–water partition coefficient (Wildman–Crippen LogP) is 2.77. The van der Waals surface area contributed by atoms with E-state index in [1.165, 1.54) is 25.6 Å². The Bertz CT molecular complexity index is 1140. The number of carbonyl (C=O) groups is 2. The Labute approximate surface area is 201 Å². The summed E-state index contributed by atoms with van der Waals surface area (Å²) in [5.74, 6) is -0.135. The summed E-state index contributed by atoms with van der Waals surface area (Å²) in [4.78, 5) is 32.6. The van der Waals surface area contributed by atoms with Crippen LogP contribution in [0.2, 0.25) is 5.02 Å². The fourth-order valence-electron chi connectivity index (χ4n) is 2.95. The number of nitrogens with one attached hydrogen (secondary N) is 2. The average Bonchev–Trinajstić information content (AvgIpc) is 2.84. The van der Waals surface area contributed by atoms with Crippen molar-refractivity contribution in [1.82, 2.24) is 20.6 Å². The fraction of sp³-hybridized carbons (Fsp3) is 0.250. The molecule has 0 saturated carbocycles. The molecule has 0 spiro atoms. The molecule has 10 heteroatoms. The minimum atomic E-state index is -1.54. The Morgan fingerprint density at radius 2 is 1.82 bits per heavy atom. The van der Waals surface area contributed by atoms with Crippen LogP contribution in [0, 0.1) is 0 Å². The van der Waals surface area contributed by atoms with Gasteiger partial charge in [-0.15, -0.1) is 0 Å². The number of amides is 2. The van der Waals surface area contributed by atoms with Crippen molar-refractivity contribution < 1.29 is 24.5 Å². The van der Waals surface area contributed by atoms with E-state index in [-0.39, 0.29) is 12.1 Å². The van der Waals surface area contributed by atoms with Crippen LogP contribution in [0.4, 0.5) is 0 Å². The highest BCUT2D eigenvalue weighted by atomic mass is 35.5. The third kappa shape index (κ3) is 6.28. The van der Waals surface area contributed by atoms with Gasteiger partial charge in [-0.3, -0.25) is 9.59 Å². The molecule has 0 fully saturated rings. The van der Waals surface area contributed by atoms with E-state index in [1.54, 1.807) is 49.4 Å². The van der Waals surface area contributed by atoms with Gasteiger partial charge in [0.05, 0.1) is 23.3 Å². The standard InChI is InChI=1S/C24H25ClN4O5/c1-15(31)17-5-8-21(20(25)9-17)34-19-6-3-16(4-7-19)10-28-23(33)24(2,13-30)29-22(32)18-11-26-14-27-12-18/h3-9,11-12,14-15,30-31H,10,13H2,1-2H3,(H,28,33)(H,29,32)/t15?,24-/m1/s1. The van der Waals surface area contributed by atoms with E-state index < -0.39 is 30.1 Å². The molecule has 2 atom stereocenters. The lowest BCUT2D eigenvalue weighted by molar-refractivity contribution is -0.128. The molecular weight excluding hydrogens is 460 g/mol. The third-order valence-electron chi connectivity index (χ3n) is 5.07. The average molecular weight is 485 g/mol. The predicted molar refractivity (Wildman–Crippen MR) is 125 cm³/mol. The first-order chi connectivity index (χ1) is 16.2. The normalized spacial score (nSPS) is 13.4. The Balaban J connectivity index is 1.58. The maximum Gasteiger partial charge on any atom is 0.255 e. The van der Waals surface area contributed by atoms with Crippen molar-refractivity contribution >= 4 is 23.4 Å². The molecule has 0 saturated heterocycles. The van der Waals surface area contributed by atoms with Crippen LogP contribution in [0.5, 0.6) is 11.5 Å². The number of aliphatic hydroxyl groups is 2. The number of aromatic nitrogens is 2. The molecule has 178 valence electrons. The van der Waals surface area contributed by atoms with Crippen molar-refractivity contribution in [3.63, 3.8) is 0 Å². The van der Waals surface area contributed by atoms with E-state index in [0.717, 1.165) is 5.56 Å². The zero-order chi connectivity index (χ0) is 24.7. The molecule has 4 N–H and O–H groups in total. The summed E-state index contributed by atoms with van der Waals surface area (Å²) < 4.78 is 5.79. The van der Waals surface area contributed by atoms with Crippen LogP contribution in [-0.2, 0) is 11.3 Å². The second-order valence-corrected chi connectivity index (χ2v) is 8.27. The van der Waals surface area contributed by atoms with Crippen LogP contribution in [-0.4, -0.2) is 44.1 Å². The minimum absolute atomic E-state index is 0.170. The number of ether oxygens (including phenoxy) is 1. The summed E-state index contributed by atoms with van der Waals surface area (Å²) in [7, 11) is 0. The quantitative estimate of drug-likeness (QED) is 0.367. The molecule has 0 aliphatic rings. The smallest absolute Gasteiger partial charge is 0.255 e. The lowest BCUT2D eigenvalue weighted by Crippen LogP contribution is -2.59. The Hall–Kier alpha value is -3.53. The van der Waals surface area contributed by atoms with Crippen LogP contribution in [0.3, 0.4) is 0 Å². The molecular formula is C24H25ClN4O5. The van der Waals surface area contributed by atoms with Gasteiger partial charge in [-0.25, -0.2) is 9.97 Å². The number of hydrogen-bond acceptors (Lipinski definition) is 7. The van der Waals surface area contributed by atoms with Crippen molar-refractivity contribution in [2.45, 2.75) is 32.0 Å². The number of hydrogen-bond donors (Lipinski definition) is 4. The number of carbonyl (C=O) groups excluding carboxylic acids is 2. The monoisotopic (exact) mass is 484 g/mol. The molecule has 1 unspecified atom stereocenters. The van der Waals surface area contributed by atoms with Gasteiger partial charge in [-0.2, -0.15) is 0 Å². The van der Waals surface area contributed by atoms with Gasteiger partial charge < -0.3 is 25.6 Å². The van der Waals surface area contributed by atoms with Gasteiger partial charge >= 0.3 is 0 Å². The lowest BCUT2D eigenvalue weighted by atomic mass is 10.0. The maximum atomic E-state index is 12.7. The summed E-state index contributed by atoms with van der Waals surface area (Å²) in [5.41, 5.74) is 0.0995. The number of halogens is 1. The number of benzene rings is 2. The topological polar surface area (TPSA) is 134 Å². The third-order valence-corrected chi connectivity index (χ3v) is 5.37. The number of aliphatic hydroxyl groups excluding tert-OH is 2. The van der Waals surface area contributed by atoms with Crippen LogP contribution < -0.4 is 15.4 Å². The van der Waals surface area contributed by atoms with E-state index >= 15 is 0 Å². The number of rotatable bonds is 9. The first-order valence-corrected chi connectivity index (χ1v) is 10.8. The largest absolute Gasteiger partial charge is 0.456 e. The molecule has 0 radical (unpaired) electrons. The minimum Gasteiger partial charge on any atom is -0.456 e. The first-order valence-electron chi connectivity index (χ1n) is 10.4. The molecule has 1 aromatic heterocycles. The zero-order valence-corrected chi connectivity index (χ0v) is 19.4. The van der Waals surface area contributed by atoms with Gasteiger partial charge in [0.15, 0.2) is 0 Å². The van der Waals surface area contributed by atoms with Crippen LogP contribution in [0.15, 0.2) is 61.2 Å². The SMILES string of the molecule is CC(O)c1ccc(Oc2ccc(CNC(=O)[C@@](C)(CO)NC(=O)c3cncnc3)cc2)c(Cl)c1. The second kappa shape index (κ2) is 11.1. The summed E-state index contributed by atoms with van der Waals surface area (Å²) in [6.45, 7) is 2.65. The van der Waals surface area contributed by atoms with Crippen LogP contribution >= 0.6 is 11.6 Å². The van der Waals surface area contributed by atoms with Gasteiger partial charge in [0.1, 0.15) is 23.4 Å². The van der Waals surface area contributed by atoms with Gasteiger partial charge in [0.25, 0.3) is 5.91 Å². The molecule has 1 heterocycles. The van der Waals surface area contributed by atoms with E-state index in [1.807, 2.05) is 0 Å². The van der Waals surface area contributed by atoms with Gasteiger partial charge in [0, 0.05) is 18.9 Å². The van der Waals surface area contributed by atoms with Crippen molar-refractivity contribution in [1.29, 1.82) is 0 Å². The summed E-state index contributed by atoms with van der Waals surface area (Å²) >= 11 is 6.23. The molecule has 3 rings (SSSR count). The highest BCUT2D eigenvalue weighted by Crippen LogP contribution is 2.31. The molecule has 0 bridgehead atoms.